The summed E-state index contributed by atoms with van der Waals surface area (Å²) < 4.78 is 25.6. The lowest BCUT2D eigenvalue weighted by molar-refractivity contribution is 0.186. The molecule has 1 aliphatic heterocycles. The van der Waals surface area contributed by atoms with E-state index in [2.05, 4.69) is 24.1 Å². The van der Waals surface area contributed by atoms with Crippen LogP contribution in [0.25, 0.3) is 0 Å². The number of carbonyl (C=O) groups excluding carboxylic acids is 1. The number of hydrogen-bond acceptors (Lipinski definition) is 4. The molecule has 2 rings (SSSR count). The summed E-state index contributed by atoms with van der Waals surface area (Å²) in [4.78, 5) is 16.7. The number of benzene rings is 1. The molecule has 0 radical (unpaired) electrons. The molecule has 1 heterocycles. The predicted octanol–water partition coefficient (Wildman–Crippen LogP) is 2.37. The SMILES string of the molecule is CCN(CC)CCCNC(=O)N1CCCC(S(=O)(=O)c2ccccc2)C1. The van der Waals surface area contributed by atoms with E-state index in [-0.39, 0.29) is 12.6 Å². The van der Waals surface area contributed by atoms with Crippen LogP contribution in [-0.2, 0) is 9.84 Å². The molecule has 0 spiro atoms. The van der Waals surface area contributed by atoms with Crippen LogP contribution in [0.4, 0.5) is 4.79 Å². The second kappa shape index (κ2) is 9.92. The zero-order valence-corrected chi connectivity index (χ0v) is 16.7. The van der Waals surface area contributed by atoms with Crippen LogP contribution in [-0.4, -0.2) is 68.8 Å². The van der Waals surface area contributed by atoms with E-state index in [1.807, 2.05) is 0 Å². The summed E-state index contributed by atoms with van der Waals surface area (Å²) >= 11 is 0. The van der Waals surface area contributed by atoms with Gasteiger partial charge in [0.05, 0.1) is 10.1 Å². The van der Waals surface area contributed by atoms with Crippen LogP contribution in [0, 0.1) is 0 Å². The summed E-state index contributed by atoms with van der Waals surface area (Å²) in [6.07, 6.45) is 2.21. The Morgan fingerprint density at radius 2 is 1.92 bits per heavy atom. The van der Waals surface area contributed by atoms with Gasteiger partial charge < -0.3 is 15.1 Å². The zero-order valence-electron chi connectivity index (χ0n) is 15.9. The predicted molar refractivity (Wildman–Crippen MR) is 104 cm³/mol. The summed E-state index contributed by atoms with van der Waals surface area (Å²) in [6, 6.07) is 8.37. The van der Waals surface area contributed by atoms with Crippen molar-refractivity contribution in [3.05, 3.63) is 30.3 Å². The third kappa shape index (κ3) is 5.45. The number of likely N-dealkylation sites (tertiary alicyclic amines) is 1. The van der Waals surface area contributed by atoms with E-state index in [0.717, 1.165) is 26.1 Å². The maximum Gasteiger partial charge on any atom is 0.317 e. The van der Waals surface area contributed by atoms with Gasteiger partial charge in [-0.1, -0.05) is 32.0 Å². The average Bonchev–Trinajstić information content (AvgIpc) is 2.68. The van der Waals surface area contributed by atoms with Gasteiger partial charge in [-0.2, -0.15) is 0 Å². The van der Waals surface area contributed by atoms with Gasteiger partial charge in [0.15, 0.2) is 9.84 Å². The Hall–Kier alpha value is -1.60. The number of urea groups is 1. The van der Waals surface area contributed by atoms with Crippen molar-refractivity contribution in [1.29, 1.82) is 0 Å². The Morgan fingerprint density at radius 3 is 2.58 bits per heavy atom. The van der Waals surface area contributed by atoms with Gasteiger partial charge in [0.25, 0.3) is 0 Å². The number of carbonyl (C=O) groups is 1. The van der Waals surface area contributed by atoms with Gasteiger partial charge in [-0.05, 0) is 51.0 Å². The Labute approximate surface area is 157 Å². The second-order valence-electron chi connectivity index (χ2n) is 6.68. The van der Waals surface area contributed by atoms with Gasteiger partial charge >= 0.3 is 6.03 Å². The number of sulfone groups is 1. The highest BCUT2D eigenvalue weighted by Crippen LogP contribution is 2.23. The lowest BCUT2D eigenvalue weighted by atomic mass is 10.1. The highest BCUT2D eigenvalue weighted by atomic mass is 32.2. The summed E-state index contributed by atoms with van der Waals surface area (Å²) in [6.45, 7) is 8.72. The van der Waals surface area contributed by atoms with Gasteiger partial charge in [-0.15, -0.1) is 0 Å². The van der Waals surface area contributed by atoms with Crippen LogP contribution >= 0.6 is 0 Å². The van der Waals surface area contributed by atoms with E-state index in [0.29, 0.717) is 30.8 Å². The van der Waals surface area contributed by atoms with Gasteiger partial charge in [-0.3, -0.25) is 0 Å². The zero-order chi connectivity index (χ0) is 19.0. The van der Waals surface area contributed by atoms with Gasteiger partial charge in [0.1, 0.15) is 0 Å². The molecule has 146 valence electrons. The largest absolute Gasteiger partial charge is 0.338 e. The first kappa shape index (κ1) is 20.7. The van der Waals surface area contributed by atoms with Crippen LogP contribution in [0.2, 0.25) is 0 Å². The quantitative estimate of drug-likeness (QED) is 0.702. The van der Waals surface area contributed by atoms with E-state index >= 15 is 0 Å². The molecule has 1 aliphatic rings. The summed E-state index contributed by atoms with van der Waals surface area (Å²) in [5.41, 5.74) is 0. The highest BCUT2D eigenvalue weighted by molar-refractivity contribution is 7.92. The van der Waals surface area contributed by atoms with Crippen molar-refractivity contribution in [1.82, 2.24) is 15.1 Å². The third-order valence-electron chi connectivity index (χ3n) is 5.00. The van der Waals surface area contributed by atoms with Gasteiger partial charge in [0.2, 0.25) is 0 Å². The molecule has 1 saturated heterocycles. The first-order valence-corrected chi connectivity index (χ1v) is 11.1. The fourth-order valence-electron chi connectivity index (χ4n) is 3.33. The molecular formula is C19H31N3O3S. The van der Waals surface area contributed by atoms with Gasteiger partial charge in [-0.25, -0.2) is 13.2 Å². The van der Waals surface area contributed by atoms with Crippen molar-refractivity contribution in [3.8, 4) is 0 Å². The fourth-order valence-corrected chi connectivity index (χ4v) is 5.10. The molecular weight excluding hydrogens is 350 g/mol. The first-order valence-electron chi connectivity index (χ1n) is 9.53. The molecule has 26 heavy (non-hydrogen) atoms. The first-order chi connectivity index (χ1) is 12.5. The standard InChI is InChI=1S/C19H31N3O3S/c1-3-21(4-2)14-9-13-20-19(23)22-15-8-12-18(16-22)26(24,25)17-10-6-5-7-11-17/h5-7,10-11,18H,3-4,8-9,12-16H2,1-2H3,(H,20,23). The minimum Gasteiger partial charge on any atom is -0.338 e. The van der Waals surface area contributed by atoms with Crippen molar-refractivity contribution < 1.29 is 13.2 Å². The molecule has 6 nitrogen and oxygen atoms in total. The van der Waals surface area contributed by atoms with E-state index in [1.165, 1.54) is 0 Å². The topological polar surface area (TPSA) is 69.7 Å². The van der Waals surface area contributed by atoms with Crippen LogP contribution < -0.4 is 5.32 Å². The second-order valence-corrected chi connectivity index (χ2v) is 8.91. The van der Waals surface area contributed by atoms with Crippen molar-refractivity contribution in [2.75, 3.05) is 39.3 Å². The average molecular weight is 382 g/mol. The molecule has 1 fully saturated rings. The normalized spacial score (nSPS) is 18.1. The molecule has 0 bridgehead atoms. The minimum atomic E-state index is -3.40. The number of nitrogens with one attached hydrogen (secondary N) is 1. The summed E-state index contributed by atoms with van der Waals surface area (Å²) in [5, 5.41) is 2.41. The fraction of sp³-hybridized carbons (Fsp3) is 0.632. The van der Waals surface area contributed by atoms with Crippen molar-refractivity contribution in [2.24, 2.45) is 0 Å². The minimum absolute atomic E-state index is 0.155. The van der Waals surface area contributed by atoms with Crippen molar-refractivity contribution >= 4 is 15.9 Å². The van der Waals surface area contributed by atoms with Crippen LogP contribution in [0.5, 0.6) is 0 Å². The monoisotopic (exact) mass is 381 g/mol. The molecule has 0 aromatic heterocycles. The number of rotatable bonds is 8. The Morgan fingerprint density at radius 1 is 1.23 bits per heavy atom. The third-order valence-corrected chi connectivity index (χ3v) is 7.19. The maximum absolute atomic E-state index is 12.8. The Bertz CT molecular complexity index is 660. The van der Waals surface area contributed by atoms with E-state index in [4.69, 9.17) is 0 Å². The molecule has 1 N–H and O–H groups in total. The molecule has 2 amide bonds. The number of piperidine rings is 1. The van der Waals surface area contributed by atoms with E-state index in [9.17, 15) is 13.2 Å². The molecule has 1 aromatic rings. The van der Waals surface area contributed by atoms with E-state index < -0.39 is 15.1 Å². The lowest BCUT2D eigenvalue weighted by Crippen LogP contribution is -2.49. The molecule has 0 saturated carbocycles. The Kier molecular flexibility index (Phi) is 7.90. The molecule has 1 atom stereocenters. The van der Waals surface area contributed by atoms with Crippen molar-refractivity contribution in [2.45, 2.75) is 43.3 Å². The number of hydrogen-bond donors (Lipinski definition) is 1. The molecule has 1 aromatic carbocycles. The highest BCUT2D eigenvalue weighted by Gasteiger charge is 2.33. The van der Waals surface area contributed by atoms with Crippen molar-refractivity contribution in [3.63, 3.8) is 0 Å². The molecule has 0 aliphatic carbocycles. The van der Waals surface area contributed by atoms with Gasteiger partial charge in [0, 0.05) is 19.6 Å². The maximum atomic E-state index is 12.8. The number of nitrogens with zero attached hydrogens (tertiary/aromatic N) is 2. The van der Waals surface area contributed by atoms with Crippen LogP contribution in [0.3, 0.4) is 0 Å². The number of amides is 2. The van der Waals surface area contributed by atoms with E-state index in [1.54, 1.807) is 35.2 Å². The van der Waals surface area contributed by atoms with Crippen LogP contribution in [0.1, 0.15) is 33.1 Å². The smallest absolute Gasteiger partial charge is 0.317 e. The molecule has 1 unspecified atom stereocenters. The lowest BCUT2D eigenvalue weighted by Gasteiger charge is -2.32. The van der Waals surface area contributed by atoms with Crippen LogP contribution in [0.15, 0.2) is 35.2 Å². The summed E-state index contributed by atoms with van der Waals surface area (Å²) in [5.74, 6) is 0. The molecule has 7 heteroatoms. The summed E-state index contributed by atoms with van der Waals surface area (Å²) in [7, 11) is -3.40. The Balaban J connectivity index is 1.86.